The van der Waals surface area contributed by atoms with Gasteiger partial charge in [-0.3, -0.25) is 0 Å². The highest BCUT2D eigenvalue weighted by molar-refractivity contribution is 7.14. The number of anilines is 1. The third-order valence-electron chi connectivity index (χ3n) is 4.63. The largest absolute Gasteiger partial charge is 0.497 e. The van der Waals surface area contributed by atoms with Crippen molar-refractivity contribution in [1.82, 2.24) is 15.1 Å². The van der Waals surface area contributed by atoms with E-state index in [1.54, 1.807) is 24.7 Å². The van der Waals surface area contributed by atoms with E-state index in [0.29, 0.717) is 19.0 Å². The number of aromatic nitrogens is 2. The zero-order valence-electron chi connectivity index (χ0n) is 14.9. The van der Waals surface area contributed by atoms with Gasteiger partial charge in [0.2, 0.25) is 0 Å². The first-order chi connectivity index (χ1) is 13.2. The number of hydrogen-bond acceptors (Lipinski definition) is 6. The zero-order valence-corrected chi connectivity index (χ0v) is 15.7. The Kier molecular flexibility index (Phi) is 5.06. The highest BCUT2D eigenvalue weighted by Crippen LogP contribution is 2.33. The van der Waals surface area contributed by atoms with Crippen molar-refractivity contribution in [2.24, 2.45) is 0 Å². The molecule has 3 aromatic rings. The Morgan fingerprint density at radius 2 is 2.11 bits per heavy atom. The van der Waals surface area contributed by atoms with E-state index in [0.717, 1.165) is 40.1 Å². The van der Waals surface area contributed by atoms with Crippen LogP contribution in [-0.2, 0) is 0 Å². The summed E-state index contributed by atoms with van der Waals surface area (Å²) in [4.78, 5) is 14.3. The minimum atomic E-state index is -0.0877. The number of likely N-dealkylation sites (tertiary alicyclic amines) is 1. The van der Waals surface area contributed by atoms with Gasteiger partial charge in [-0.15, -0.1) is 10.2 Å². The minimum absolute atomic E-state index is 0.0877. The lowest BCUT2D eigenvalue weighted by atomic mass is 9.98. The molecular formula is C19H20N4O3S. The van der Waals surface area contributed by atoms with Crippen LogP contribution in [0.5, 0.6) is 5.75 Å². The van der Waals surface area contributed by atoms with E-state index in [1.165, 1.54) is 0 Å². The molecular weight excluding hydrogens is 364 g/mol. The van der Waals surface area contributed by atoms with Crippen LogP contribution in [0.15, 0.2) is 47.1 Å². The minimum Gasteiger partial charge on any atom is -0.497 e. The number of carbonyl (C=O) groups excluding carboxylic acids is 1. The second-order valence-electron chi connectivity index (χ2n) is 6.35. The maximum absolute atomic E-state index is 12.5. The van der Waals surface area contributed by atoms with Gasteiger partial charge in [-0.25, -0.2) is 4.79 Å². The summed E-state index contributed by atoms with van der Waals surface area (Å²) in [5, 5.41) is 13.3. The number of amides is 2. The first-order valence-corrected chi connectivity index (χ1v) is 9.62. The van der Waals surface area contributed by atoms with Gasteiger partial charge in [-0.1, -0.05) is 17.4 Å². The lowest BCUT2D eigenvalue weighted by Gasteiger charge is -2.31. The molecule has 0 saturated carbocycles. The van der Waals surface area contributed by atoms with Crippen molar-refractivity contribution < 1.29 is 13.9 Å². The molecule has 140 valence electrons. The summed E-state index contributed by atoms with van der Waals surface area (Å²) in [5.74, 6) is 1.79. The topological polar surface area (TPSA) is 80.5 Å². The van der Waals surface area contributed by atoms with E-state index in [1.807, 2.05) is 41.3 Å². The molecule has 1 saturated heterocycles. The van der Waals surface area contributed by atoms with Crippen molar-refractivity contribution in [3.05, 3.63) is 47.7 Å². The van der Waals surface area contributed by atoms with Crippen molar-refractivity contribution in [2.45, 2.75) is 18.8 Å². The molecule has 0 radical (unpaired) electrons. The number of hydrogen-bond donors (Lipinski definition) is 1. The predicted molar refractivity (Wildman–Crippen MR) is 103 cm³/mol. The van der Waals surface area contributed by atoms with Crippen molar-refractivity contribution in [3.8, 4) is 16.5 Å². The molecule has 27 heavy (non-hydrogen) atoms. The first kappa shape index (κ1) is 17.5. The number of methoxy groups -OCH3 is 1. The first-order valence-electron chi connectivity index (χ1n) is 8.80. The van der Waals surface area contributed by atoms with Gasteiger partial charge in [0.05, 0.1) is 13.4 Å². The average molecular weight is 384 g/mol. The highest BCUT2D eigenvalue weighted by atomic mass is 32.1. The van der Waals surface area contributed by atoms with Gasteiger partial charge in [0.1, 0.15) is 10.8 Å². The molecule has 1 aliphatic heterocycles. The summed E-state index contributed by atoms with van der Waals surface area (Å²) in [7, 11) is 1.61. The quantitative estimate of drug-likeness (QED) is 0.728. The van der Waals surface area contributed by atoms with Gasteiger partial charge >= 0.3 is 6.03 Å². The van der Waals surface area contributed by atoms with E-state index < -0.39 is 0 Å². The summed E-state index contributed by atoms with van der Waals surface area (Å²) in [6.07, 6.45) is 3.38. The molecule has 7 nitrogen and oxygen atoms in total. The summed E-state index contributed by atoms with van der Waals surface area (Å²) < 4.78 is 10.6. The van der Waals surface area contributed by atoms with Gasteiger partial charge in [-0.05, 0) is 37.1 Å². The summed E-state index contributed by atoms with van der Waals surface area (Å²) in [6.45, 7) is 1.38. The fourth-order valence-electron chi connectivity index (χ4n) is 3.13. The van der Waals surface area contributed by atoms with Crippen LogP contribution in [0, 0.1) is 0 Å². The second kappa shape index (κ2) is 7.79. The SMILES string of the molecule is COc1cccc(NC(=O)N2CCC(c3nnc(-c4ccco4)s3)CC2)c1. The molecule has 3 heterocycles. The molecule has 1 N–H and O–H groups in total. The molecule has 2 amide bonds. The van der Waals surface area contributed by atoms with Crippen LogP contribution in [0.25, 0.3) is 10.8 Å². The van der Waals surface area contributed by atoms with Gasteiger partial charge in [-0.2, -0.15) is 0 Å². The fraction of sp³-hybridized carbons (Fsp3) is 0.316. The molecule has 1 aromatic carbocycles. The van der Waals surface area contributed by atoms with E-state index in [4.69, 9.17) is 9.15 Å². The van der Waals surface area contributed by atoms with Crippen LogP contribution in [0.1, 0.15) is 23.8 Å². The fourth-order valence-corrected chi connectivity index (χ4v) is 4.11. The normalized spacial score (nSPS) is 14.9. The van der Waals surface area contributed by atoms with Crippen molar-refractivity contribution in [3.63, 3.8) is 0 Å². The Bertz CT molecular complexity index is 901. The number of ether oxygens (including phenoxy) is 1. The van der Waals surface area contributed by atoms with E-state index in [-0.39, 0.29) is 6.03 Å². The second-order valence-corrected chi connectivity index (χ2v) is 7.36. The number of rotatable bonds is 4. The van der Waals surface area contributed by atoms with Gasteiger partial charge in [0.15, 0.2) is 10.8 Å². The van der Waals surface area contributed by atoms with Gasteiger partial charge in [0.25, 0.3) is 0 Å². The molecule has 0 atom stereocenters. The van der Waals surface area contributed by atoms with Gasteiger partial charge in [0, 0.05) is 30.8 Å². The van der Waals surface area contributed by atoms with Crippen LogP contribution in [0.3, 0.4) is 0 Å². The van der Waals surface area contributed by atoms with Crippen LogP contribution in [0.4, 0.5) is 10.5 Å². The molecule has 0 unspecified atom stereocenters. The molecule has 1 fully saturated rings. The molecule has 0 spiro atoms. The van der Waals surface area contributed by atoms with Crippen LogP contribution in [-0.4, -0.2) is 41.3 Å². The third kappa shape index (κ3) is 3.95. The summed E-state index contributed by atoms with van der Waals surface area (Å²) >= 11 is 1.56. The molecule has 8 heteroatoms. The molecule has 4 rings (SSSR count). The van der Waals surface area contributed by atoms with Crippen LogP contribution >= 0.6 is 11.3 Å². The lowest BCUT2D eigenvalue weighted by Crippen LogP contribution is -2.40. The third-order valence-corrected chi connectivity index (χ3v) is 5.73. The summed E-state index contributed by atoms with van der Waals surface area (Å²) in [5.41, 5.74) is 0.730. The van der Waals surface area contributed by atoms with E-state index >= 15 is 0 Å². The Balaban J connectivity index is 1.34. The highest BCUT2D eigenvalue weighted by Gasteiger charge is 2.26. The number of nitrogens with one attached hydrogen (secondary N) is 1. The maximum atomic E-state index is 12.5. The van der Waals surface area contributed by atoms with Crippen LogP contribution < -0.4 is 10.1 Å². The summed E-state index contributed by atoms with van der Waals surface area (Å²) in [6, 6.07) is 11.0. The average Bonchev–Trinajstić information content (AvgIpc) is 3.40. The zero-order chi connectivity index (χ0) is 18.6. The van der Waals surface area contributed by atoms with Crippen molar-refractivity contribution in [2.75, 3.05) is 25.5 Å². The number of furan rings is 1. The Morgan fingerprint density at radius 1 is 1.26 bits per heavy atom. The number of piperidine rings is 1. The van der Waals surface area contributed by atoms with E-state index in [9.17, 15) is 4.79 Å². The Labute approximate surface area is 161 Å². The van der Waals surface area contributed by atoms with Crippen LogP contribution in [0.2, 0.25) is 0 Å². The van der Waals surface area contributed by atoms with Crippen molar-refractivity contribution >= 4 is 23.1 Å². The number of urea groups is 1. The van der Waals surface area contributed by atoms with Gasteiger partial charge < -0.3 is 19.4 Å². The molecule has 1 aliphatic rings. The molecule has 2 aromatic heterocycles. The van der Waals surface area contributed by atoms with Crippen molar-refractivity contribution in [1.29, 1.82) is 0 Å². The monoisotopic (exact) mass is 384 g/mol. The smallest absolute Gasteiger partial charge is 0.321 e. The Morgan fingerprint density at radius 3 is 2.85 bits per heavy atom. The Hall–Kier alpha value is -2.87. The molecule has 0 bridgehead atoms. The number of carbonyl (C=O) groups is 1. The molecule has 0 aliphatic carbocycles. The maximum Gasteiger partial charge on any atom is 0.321 e. The van der Waals surface area contributed by atoms with E-state index in [2.05, 4.69) is 15.5 Å². The lowest BCUT2D eigenvalue weighted by molar-refractivity contribution is 0.194. The number of benzene rings is 1. The number of nitrogens with zero attached hydrogens (tertiary/aromatic N) is 3. The predicted octanol–water partition coefficient (Wildman–Crippen LogP) is 4.22. The standard InChI is InChI=1S/C19H20N4O3S/c1-25-15-5-2-4-14(12-15)20-19(24)23-9-7-13(8-10-23)17-21-22-18(27-17)16-6-3-11-26-16/h2-6,11-13H,7-10H2,1H3,(H,20,24).